The zero-order chi connectivity index (χ0) is 29.0. The zero-order valence-corrected chi connectivity index (χ0v) is 23.4. The Bertz CT molecular complexity index is 1640. The van der Waals surface area contributed by atoms with Crippen LogP contribution >= 0.6 is 0 Å². The van der Waals surface area contributed by atoms with Crippen LogP contribution < -0.4 is 14.9 Å². The summed E-state index contributed by atoms with van der Waals surface area (Å²) >= 11 is 0. The molecule has 1 aliphatic rings. The third-order valence-electron chi connectivity index (χ3n) is 7.06. The Labute approximate surface area is 238 Å². The normalized spacial score (nSPS) is 14.6. The van der Waals surface area contributed by atoms with Crippen molar-refractivity contribution in [2.24, 2.45) is 0 Å². The molecule has 1 fully saturated rings. The van der Waals surface area contributed by atoms with E-state index in [0.29, 0.717) is 30.0 Å². The van der Waals surface area contributed by atoms with Gasteiger partial charge in [0.2, 0.25) is 15.9 Å². The SMILES string of the molecule is Cc1ccc(S(=O)(=O)N[C@@H](Cc2cn(CC(=O)O)c3ccccc23)C(=O)Nc2ccc(N3CCOCC3)cc2)cc1. The van der Waals surface area contributed by atoms with Gasteiger partial charge >= 0.3 is 5.97 Å². The molecular weight excluding hydrogens is 544 g/mol. The van der Waals surface area contributed by atoms with E-state index in [1.807, 2.05) is 31.2 Å². The largest absolute Gasteiger partial charge is 0.480 e. The van der Waals surface area contributed by atoms with E-state index in [9.17, 15) is 23.1 Å². The van der Waals surface area contributed by atoms with Crippen LogP contribution in [0.1, 0.15) is 11.1 Å². The smallest absolute Gasteiger partial charge is 0.323 e. The van der Waals surface area contributed by atoms with Gasteiger partial charge in [-0.3, -0.25) is 9.59 Å². The fourth-order valence-corrected chi connectivity index (χ4v) is 6.14. The van der Waals surface area contributed by atoms with Crippen LogP contribution in [0.4, 0.5) is 11.4 Å². The van der Waals surface area contributed by atoms with Gasteiger partial charge < -0.3 is 24.6 Å². The number of benzene rings is 3. The Morgan fingerprint density at radius 1 is 0.976 bits per heavy atom. The summed E-state index contributed by atoms with van der Waals surface area (Å²) < 4.78 is 36.3. The second-order valence-electron chi connectivity index (χ2n) is 10.0. The number of amides is 1. The summed E-state index contributed by atoms with van der Waals surface area (Å²) in [6.45, 7) is 4.47. The average Bonchev–Trinajstić information content (AvgIpc) is 3.30. The molecular formula is C30H32N4O6S. The monoisotopic (exact) mass is 576 g/mol. The fourth-order valence-electron chi connectivity index (χ4n) is 4.95. The molecule has 0 radical (unpaired) electrons. The molecule has 2 heterocycles. The van der Waals surface area contributed by atoms with E-state index in [0.717, 1.165) is 29.7 Å². The Kier molecular flexibility index (Phi) is 8.39. The maximum atomic E-state index is 13.6. The van der Waals surface area contributed by atoms with E-state index in [1.54, 1.807) is 47.2 Å². The highest BCUT2D eigenvalue weighted by Gasteiger charge is 2.28. The Morgan fingerprint density at radius 3 is 2.34 bits per heavy atom. The molecule has 1 aromatic heterocycles. The number of aryl methyl sites for hydroxylation is 1. The van der Waals surface area contributed by atoms with Crippen molar-refractivity contribution in [1.29, 1.82) is 0 Å². The number of carboxylic acids is 1. The van der Waals surface area contributed by atoms with Crippen molar-refractivity contribution in [1.82, 2.24) is 9.29 Å². The van der Waals surface area contributed by atoms with E-state index < -0.39 is 27.9 Å². The number of nitrogens with one attached hydrogen (secondary N) is 2. The van der Waals surface area contributed by atoms with E-state index in [1.165, 1.54) is 12.1 Å². The fraction of sp³-hybridized carbons (Fsp3) is 0.267. The number of hydrogen-bond donors (Lipinski definition) is 3. The van der Waals surface area contributed by atoms with Crippen LogP contribution in [-0.4, -0.2) is 62.3 Å². The average molecular weight is 577 g/mol. The number of nitrogens with zero attached hydrogens (tertiary/aromatic N) is 2. The second-order valence-corrected chi connectivity index (χ2v) is 11.7. The van der Waals surface area contributed by atoms with E-state index in [-0.39, 0.29) is 17.9 Å². The molecule has 11 heteroatoms. The molecule has 41 heavy (non-hydrogen) atoms. The predicted molar refractivity (Wildman–Crippen MR) is 157 cm³/mol. The summed E-state index contributed by atoms with van der Waals surface area (Å²) in [5, 5.41) is 13.0. The Balaban J connectivity index is 1.43. The van der Waals surface area contributed by atoms with Crippen molar-refractivity contribution in [2.75, 3.05) is 36.5 Å². The van der Waals surface area contributed by atoms with Gasteiger partial charge in [0.05, 0.1) is 18.1 Å². The lowest BCUT2D eigenvalue weighted by atomic mass is 10.0. The number of carboxylic acid groups (broad SMARTS) is 1. The van der Waals surface area contributed by atoms with Gasteiger partial charge in [0.25, 0.3) is 0 Å². The molecule has 214 valence electrons. The number of hydrogen-bond acceptors (Lipinski definition) is 6. The summed E-state index contributed by atoms with van der Waals surface area (Å²) in [6, 6.07) is 19.8. The van der Waals surface area contributed by atoms with Gasteiger partial charge in [-0.2, -0.15) is 4.72 Å². The van der Waals surface area contributed by atoms with Crippen molar-refractivity contribution < 1.29 is 27.9 Å². The summed E-state index contributed by atoms with van der Waals surface area (Å²) in [5.41, 5.74) is 3.78. The van der Waals surface area contributed by atoms with Gasteiger partial charge in [0.15, 0.2) is 0 Å². The minimum Gasteiger partial charge on any atom is -0.480 e. The van der Waals surface area contributed by atoms with Gasteiger partial charge in [0, 0.05) is 41.6 Å². The molecule has 0 unspecified atom stereocenters. The molecule has 1 amide bonds. The number of fused-ring (bicyclic) bond motifs is 1. The quantitative estimate of drug-likeness (QED) is 0.264. The minimum atomic E-state index is -4.05. The molecule has 3 aromatic carbocycles. The molecule has 10 nitrogen and oxygen atoms in total. The number of carbonyl (C=O) groups is 2. The van der Waals surface area contributed by atoms with E-state index in [2.05, 4.69) is 14.9 Å². The molecule has 0 bridgehead atoms. The Hall–Kier alpha value is -4.19. The van der Waals surface area contributed by atoms with Crippen molar-refractivity contribution in [3.05, 3.63) is 90.1 Å². The molecule has 1 atom stereocenters. The van der Waals surface area contributed by atoms with Gasteiger partial charge in [-0.25, -0.2) is 8.42 Å². The highest BCUT2D eigenvalue weighted by molar-refractivity contribution is 7.89. The predicted octanol–water partition coefficient (Wildman–Crippen LogP) is 3.40. The molecule has 0 spiro atoms. The number of aromatic nitrogens is 1. The van der Waals surface area contributed by atoms with Crippen molar-refractivity contribution in [3.63, 3.8) is 0 Å². The summed E-state index contributed by atoms with van der Waals surface area (Å²) in [7, 11) is -4.05. The van der Waals surface area contributed by atoms with Crippen LogP contribution in [0, 0.1) is 6.92 Å². The van der Waals surface area contributed by atoms with Crippen molar-refractivity contribution >= 4 is 44.2 Å². The maximum absolute atomic E-state index is 13.6. The van der Waals surface area contributed by atoms with Gasteiger partial charge in [-0.1, -0.05) is 35.9 Å². The highest BCUT2D eigenvalue weighted by Crippen LogP contribution is 2.24. The van der Waals surface area contributed by atoms with Crippen LogP contribution in [0.25, 0.3) is 10.9 Å². The number of anilines is 2. The molecule has 0 aliphatic carbocycles. The first-order chi connectivity index (χ1) is 19.7. The molecule has 0 saturated carbocycles. The van der Waals surface area contributed by atoms with Gasteiger partial charge in [-0.05, 0) is 61.4 Å². The van der Waals surface area contributed by atoms with E-state index >= 15 is 0 Å². The van der Waals surface area contributed by atoms with Gasteiger partial charge in [0.1, 0.15) is 12.6 Å². The molecule has 1 aliphatic heterocycles. The lowest BCUT2D eigenvalue weighted by Crippen LogP contribution is -2.45. The van der Waals surface area contributed by atoms with Crippen LogP contribution in [-0.2, 0) is 37.3 Å². The van der Waals surface area contributed by atoms with Crippen molar-refractivity contribution in [3.8, 4) is 0 Å². The summed E-state index contributed by atoms with van der Waals surface area (Å²) in [5.74, 6) is -1.54. The molecule has 1 saturated heterocycles. The first-order valence-corrected chi connectivity index (χ1v) is 14.8. The number of rotatable bonds is 10. The van der Waals surface area contributed by atoms with Gasteiger partial charge in [-0.15, -0.1) is 0 Å². The number of sulfonamides is 1. The third-order valence-corrected chi connectivity index (χ3v) is 8.54. The molecule has 5 rings (SSSR count). The molecule has 3 N–H and O–H groups in total. The highest BCUT2D eigenvalue weighted by atomic mass is 32.2. The number of aliphatic carboxylic acids is 1. The number of morpholine rings is 1. The van der Waals surface area contributed by atoms with Crippen LogP contribution in [0.15, 0.2) is 83.9 Å². The lowest BCUT2D eigenvalue weighted by Gasteiger charge is -2.29. The standard InChI is InChI=1S/C30H32N4O6S/c1-21-6-12-25(13-7-21)41(38,39)32-27(18-22-19-34(20-29(35)36)28-5-3-2-4-26(22)28)30(37)31-23-8-10-24(11-9-23)33-14-16-40-17-15-33/h2-13,19,27,32H,14-18,20H2,1H3,(H,31,37)(H,35,36)/t27-/m0/s1. The first-order valence-electron chi connectivity index (χ1n) is 13.3. The summed E-state index contributed by atoms with van der Waals surface area (Å²) in [6.07, 6.45) is 1.67. The number of carbonyl (C=O) groups excluding carboxylic acids is 1. The Morgan fingerprint density at radius 2 is 1.66 bits per heavy atom. The first kappa shape index (κ1) is 28.3. The van der Waals surface area contributed by atoms with Crippen LogP contribution in [0.5, 0.6) is 0 Å². The van der Waals surface area contributed by atoms with Crippen LogP contribution in [0.2, 0.25) is 0 Å². The van der Waals surface area contributed by atoms with E-state index in [4.69, 9.17) is 4.74 Å². The second kappa shape index (κ2) is 12.1. The van der Waals surface area contributed by atoms with Crippen molar-refractivity contribution in [2.45, 2.75) is 30.8 Å². The minimum absolute atomic E-state index is 0.00984. The maximum Gasteiger partial charge on any atom is 0.323 e. The zero-order valence-electron chi connectivity index (χ0n) is 22.6. The third kappa shape index (κ3) is 6.76. The number of para-hydroxylation sites is 1. The topological polar surface area (TPSA) is 130 Å². The number of ether oxygens (including phenoxy) is 1. The van der Waals surface area contributed by atoms with Crippen LogP contribution in [0.3, 0.4) is 0 Å². The molecule has 4 aromatic rings. The lowest BCUT2D eigenvalue weighted by molar-refractivity contribution is -0.137. The summed E-state index contributed by atoms with van der Waals surface area (Å²) in [4.78, 5) is 27.3.